The number of carbonyl (C=O) groups excluding carboxylic acids is 1. The fraction of sp³-hybridized carbons (Fsp3) is 0.833. The summed E-state index contributed by atoms with van der Waals surface area (Å²) < 4.78 is 0. The molecule has 0 aromatic heterocycles. The lowest BCUT2D eigenvalue weighted by Gasteiger charge is -2.04. The van der Waals surface area contributed by atoms with E-state index < -0.39 is 0 Å². The SMILES string of the molecule is CC(=O)C(N)CCCN.Cl. The molecule has 0 saturated carbocycles. The Morgan fingerprint density at radius 1 is 1.60 bits per heavy atom. The van der Waals surface area contributed by atoms with E-state index in [2.05, 4.69) is 0 Å². The third-order valence-electron chi connectivity index (χ3n) is 1.24. The van der Waals surface area contributed by atoms with Gasteiger partial charge < -0.3 is 11.5 Å². The first-order chi connectivity index (χ1) is 4.18. The van der Waals surface area contributed by atoms with Gasteiger partial charge in [0.15, 0.2) is 0 Å². The lowest BCUT2D eigenvalue weighted by atomic mass is 10.1. The molecule has 0 aliphatic heterocycles. The minimum atomic E-state index is -0.298. The van der Waals surface area contributed by atoms with Crippen LogP contribution in [0, 0.1) is 0 Å². The van der Waals surface area contributed by atoms with Gasteiger partial charge in [0, 0.05) is 0 Å². The number of rotatable bonds is 4. The highest BCUT2D eigenvalue weighted by molar-refractivity contribution is 5.85. The van der Waals surface area contributed by atoms with Crippen LogP contribution in [0.3, 0.4) is 0 Å². The Balaban J connectivity index is 0. The van der Waals surface area contributed by atoms with Crippen molar-refractivity contribution in [3.8, 4) is 0 Å². The van der Waals surface area contributed by atoms with Crippen molar-refractivity contribution < 1.29 is 4.79 Å². The number of hydrogen-bond donors (Lipinski definition) is 2. The molecule has 62 valence electrons. The van der Waals surface area contributed by atoms with Gasteiger partial charge in [0.1, 0.15) is 5.78 Å². The van der Waals surface area contributed by atoms with Gasteiger partial charge in [0.25, 0.3) is 0 Å². The molecule has 0 saturated heterocycles. The number of Topliss-reactive ketones (excluding diaryl/α,β-unsaturated/α-hetero) is 1. The van der Waals surface area contributed by atoms with Crippen LogP contribution in [-0.2, 0) is 4.79 Å². The third kappa shape index (κ3) is 6.01. The van der Waals surface area contributed by atoms with Gasteiger partial charge in [-0.1, -0.05) is 0 Å². The molecular weight excluding hydrogens is 152 g/mol. The number of carbonyl (C=O) groups is 1. The van der Waals surface area contributed by atoms with Crippen molar-refractivity contribution in [2.24, 2.45) is 11.5 Å². The maximum Gasteiger partial charge on any atom is 0.146 e. The van der Waals surface area contributed by atoms with Crippen molar-refractivity contribution in [1.82, 2.24) is 0 Å². The van der Waals surface area contributed by atoms with Gasteiger partial charge in [-0.25, -0.2) is 0 Å². The van der Waals surface area contributed by atoms with E-state index >= 15 is 0 Å². The quantitative estimate of drug-likeness (QED) is 0.621. The van der Waals surface area contributed by atoms with Gasteiger partial charge in [0.2, 0.25) is 0 Å². The van der Waals surface area contributed by atoms with E-state index in [1.807, 2.05) is 0 Å². The fourth-order valence-electron chi connectivity index (χ4n) is 0.541. The predicted molar refractivity (Wildman–Crippen MR) is 44.2 cm³/mol. The molecule has 0 fully saturated rings. The van der Waals surface area contributed by atoms with Gasteiger partial charge in [-0.05, 0) is 26.3 Å². The van der Waals surface area contributed by atoms with Gasteiger partial charge in [-0.15, -0.1) is 12.4 Å². The summed E-state index contributed by atoms with van der Waals surface area (Å²) in [5, 5.41) is 0. The molecule has 0 amide bonds. The molecule has 0 radical (unpaired) electrons. The Morgan fingerprint density at radius 2 is 2.10 bits per heavy atom. The van der Waals surface area contributed by atoms with Crippen molar-refractivity contribution in [3.63, 3.8) is 0 Å². The lowest BCUT2D eigenvalue weighted by Crippen LogP contribution is -2.28. The van der Waals surface area contributed by atoms with Gasteiger partial charge in [0.05, 0.1) is 6.04 Å². The van der Waals surface area contributed by atoms with Gasteiger partial charge in [-0.2, -0.15) is 0 Å². The Labute approximate surface area is 67.6 Å². The maximum atomic E-state index is 10.5. The Hall–Kier alpha value is -0.120. The maximum absolute atomic E-state index is 10.5. The van der Waals surface area contributed by atoms with Crippen LogP contribution >= 0.6 is 12.4 Å². The average Bonchev–Trinajstić information content (AvgIpc) is 1.82. The van der Waals surface area contributed by atoms with E-state index in [-0.39, 0.29) is 24.2 Å². The number of halogens is 1. The molecule has 0 aliphatic carbocycles. The largest absolute Gasteiger partial charge is 0.330 e. The smallest absolute Gasteiger partial charge is 0.146 e. The van der Waals surface area contributed by atoms with Crippen molar-refractivity contribution >= 4 is 18.2 Å². The molecule has 4 heteroatoms. The average molecular weight is 167 g/mol. The highest BCUT2D eigenvalue weighted by atomic mass is 35.5. The highest BCUT2D eigenvalue weighted by Gasteiger charge is 2.05. The molecule has 0 bridgehead atoms. The van der Waals surface area contributed by atoms with E-state index in [9.17, 15) is 4.79 Å². The first-order valence-corrected chi connectivity index (χ1v) is 3.14. The first kappa shape index (κ1) is 12.5. The minimum Gasteiger partial charge on any atom is -0.330 e. The fourth-order valence-corrected chi connectivity index (χ4v) is 0.541. The summed E-state index contributed by atoms with van der Waals surface area (Å²) in [6.07, 6.45) is 1.55. The van der Waals surface area contributed by atoms with Crippen LogP contribution in [0.4, 0.5) is 0 Å². The highest BCUT2D eigenvalue weighted by Crippen LogP contribution is 1.92. The minimum absolute atomic E-state index is 0. The topological polar surface area (TPSA) is 69.1 Å². The molecule has 0 aliphatic rings. The van der Waals surface area contributed by atoms with E-state index in [1.54, 1.807) is 0 Å². The second kappa shape index (κ2) is 6.99. The number of nitrogens with two attached hydrogens (primary N) is 2. The molecule has 0 aromatic carbocycles. The van der Waals surface area contributed by atoms with Crippen LogP contribution in [0.15, 0.2) is 0 Å². The third-order valence-corrected chi connectivity index (χ3v) is 1.24. The van der Waals surface area contributed by atoms with E-state index in [4.69, 9.17) is 11.5 Å². The summed E-state index contributed by atoms with van der Waals surface area (Å²) in [5.41, 5.74) is 10.6. The molecule has 0 heterocycles. The molecule has 1 unspecified atom stereocenters. The van der Waals surface area contributed by atoms with Crippen LogP contribution in [0.25, 0.3) is 0 Å². The van der Waals surface area contributed by atoms with Crippen molar-refractivity contribution in [2.45, 2.75) is 25.8 Å². The van der Waals surface area contributed by atoms with Crippen LogP contribution in [0.1, 0.15) is 19.8 Å². The molecule has 1 atom stereocenters. The molecule has 0 spiro atoms. The van der Waals surface area contributed by atoms with Crippen molar-refractivity contribution in [3.05, 3.63) is 0 Å². The summed E-state index contributed by atoms with van der Waals surface area (Å²) in [6.45, 7) is 2.11. The normalized spacial score (nSPS) is 11.9. The Bertz CT molecular complexity index is 97.7. The van der Waals surface area contributed by atoms with Gasteiger partial charge in [-0.3, -0.25) is 4.79 Å². The monoisotopic (exact) mass is 166 g/mol. The van der Waals surface area contributed by atoms with Gasteiger partial charge >= 0.3 is 0 Å². The molecule has 0 aromatic rings. The molecule has 4 N–H and O–H groups in total. The van der Waals surface area contributed by atoms with E-state index in [0.717, 1.165) is 6.42 Å². The zero-order valence-electron chi connectivity index (χ0n) is 6.17. The standard InChI is InChI=1S/C6H14N2O.ClH/c1-5(9)6(8)3-2-4-7;/h6H,2-4,7-8H2,1H3;1H. The Kier molecular flexibility index (Phi) is 8.77. The summed E-state index contributed by atoms with van der Waals surface area (Å²) in [5.74, 6) is 0.0449. The summed E-state index contributed by atoms with van der Waals surface area (Å²) in [6, 6.07) is -0.298. The van der Waals surface area contributed by atoms with E-state index in [1.165, 1.54) is 6.92 Å². The second-order valence-corrected chi connectivity index (χ2v) is 2.15. The second-order valence-electron chi connectivity index (χ2n) is 2.15. The zero-order chi connectivity index (χ0) is 7.28. The summed E-state index contributed by atoms with van der Waals surface area (Å²) >= 11 is 0. The summed E-state index contributed by atoms with van der Waals surface area (Å²) in [4.78, 5) is 10.5. The van der Waals surface area contributed by atoms with E-state index in [0.29, 0.717) is 13.0 Å². The summed E-state index contributed by atoms with van der Waals surface area (Å²) in [7, 11) is 0. The molecule has 10 heavy (non-hydrogen) atoms. The first-order valence-electron chi connectivity index (χ1n) is 3.14. The zero-order valence-corrected chi connectivity index (χ0v) is 6.99. The van der Waals surface area contributed by atoms with Crippen LogP contribution in [0.5, 0.6) is 0 Å². The van der Waals surface area contributed by atoms with Crippen molar-refractivity contribution in [1.29, 1.82) is 0 Å². The lowest BCUT2D eigenvalue weighted by molar-refractivity contribution is -0.118. The van der Waals surface area contributed by atoms with Crippen LogP contribution < -0.4 is 11.5 Å². The Morgan fingerprint density at radius 3 is 2.40 bits per heavy atom. The predicted octanol–water partition coefficient (Wildman–Crippen LogP) is 0.0634. The molecule has 3 nitrogen and oxygen atoms in total. The van der Waals surface area contributed by atoms with Crippen LogP contribution in [-0.4, -0.2) is 18.4 Å². The number of hydrogen-bond acceptors (Lipinski definition) is 3. The number of ketones is 1. The van der Waals surface area contributed by atoms with Crippen LogP contribution in [0.2, 0.25) is 0 Å². The molecule has 0 rings (SSSR count). The van der Waals surface area contributed by atoms with Crippen molar-refractivity contribution in [2.75, 3.05) is 6.54 Å². The molecular formula is C6H15ClN2O.